The highest BCUT2D eigenvalue weighted by Gasteiger charge is 2.22. The minimum absolute atomic E-state index is 0.617. The van der Waals surface area contributed by atoms with Gasteiger partial charge in [0, 0.05) is 25.0 Å². The van der Waals surface area contributed by atoms with Gasteiger partial charge in [-0.15, -0.1) is 11.6 Å². The van der Waals surface area contributed by atoms with Crippen molar-refractivity contribution in [1.29, 1.82) is 0 Å². The van der Waals surface area contributed by atoms with E-state index in [9.17, 15) is 0 Å². The van der Waals surface area contributed by atoms with Gasteiger partial charge in [-0.25, -0.2) is 9.97 Å². The molecule has 1 aliphatic rings. The van der Waals surface area contributed by atoms with Gasteiger partial charge >= 0.3 is 0 Å². The molecule has 18 heavy (non-hydrogen) atoms. The fraction of sp³-hybridized carbons (Fsp3) is 0.571. The van der Waals surface area contributed by atoms with Crippen molar-refractivity contribution in [3.8, 4) is 0 Å². The second-order valence-corrected chi connectivity index (χ2v) is 5.53. The lowest BCUT2D eigenvalue weighted by Crippen LogP contribution is -2.06. The molecular weight excluding hydrogens is 246 g/mol. The number of aromatic nitrogens is 3. The Kier molecular flexibility index (Phi) is 3.25. The summed E-state index contributed by atoms with van der Waals surface area (Å²) in [7, 11) is 0. The number of alkyl halides is 1. The van der Waals surface area contributed by atoms with Crippen LogP contribution in [-0.2, 0) is 13.0 Å². The predicted octanol–water partition coefficient (Wildman–Crippen LogP) is 3.32. The molecule has 0 atom stereocenters. The Balaban J connectivity index is 2.00. The predicted molar refractivity (Wildman–Crippen MR) is 74.0 cm³/mol. The lowest BCUT2D eigenvalue weighted by molar-refractivity contribution is 0.585. The van der Waals surface area contributed by atoms with Gasteiger partial charge in [0.2, 0.25) is 0 Å². The van der Waals surface area contributed by atoms with E-state index in [1.807, 2.05) is 12.3 Å². The molecule has 1 fully saturated rings. The minimum atomic E-state index is 0.617. The molecule has 1 aliphatic carbocycles. The van der Waals surface area contributed by atoms with Crippen LogP contribution in [0, 0.1) is 12.8 Å². The highest BCUT2D eigenvalue weighted by atomic mass is 35.5. The third-order valence-corrected chi connectivity index (χ3v) is 3.88. The summed E-state index contributed by atoms with van der Waals surface area (Å²) in [5.74, 6) is 2.63. The van der Waals surface area contributed by atoms with Crippen LogP contribution >= 0.6 is 11.6 Å². The summed E-state index contributed by atoms with van der Waals surface area (Å²) < 4.78 is 2.27. The summed E-state index contributed by atoms with van der Waals surface area (Å²) in [4.78, 5) is 9.22. The fourth-order valence-corrected chi connectivity index (χ4v) is 2.58. The Labute approximate surface area is 112 Å². The standard InChI is InChI=1S/C14H18ClN3/c1-10-5-8-16-14-13(10)17-12(4-7-15)18(14)9-6-11-2-3-11/h5,8,11H,2-4,6-7,9H2,1H3. The van der Waals surface area contributed by atoms with E-state index in [-0.39, 0.29) is 0 Å². The summed E-state index contributed by atoms with van der Waals surface area (Å²) >= 11 is 5.88. The fourth-order valence-electron chi connectivity index (χ4n) is 2.41. The van der Waals surface area contributed by atoms with E-state index in [0.717, 1.165) is 35.9 Å². The maximum Gasteiger partial charge on any atom is 0.160 e. The van der Waals surface area contributed by atoms with Crippen LogP contribution in [0.5, 0.6) is 0 Å². The van der Waals surface area contributed by atoms with Crippen LogP contribution in [-0.4, -0.2) is 20.4 Å². The first-order valence-electron chi connectivity index (χ1n) is 6.66. The molecule has 2 aromatic heterocycles. The van der Waals surface area contributed by atoms with Crippen LogP contribution in [0.2, 0.25) is 0 Å². The molecule has 0 aliphatic heterocycles. The number of rotatable bonds is 5. The Bertz CT molecular complexity index is 557. The number of fused-ring (bicyclic) bond motifs is 1. The Morgan fingerprint density at radius 1 is 1.44 bits per heavy atom. The lowest BCUT2D eigenvalue weighted by Gasteiger charge is -2.07. The van der Waals surface area contributed by atoms with Crippen molar-refractivity contribution in [2.75, 3.05) is 5.88 Å². The van der Waals surface area contributed by atoms with E-state index >= 15 is 0 Å². The molecule has 0 aromatic carbocycles. The van der Waals surface area contributed by atoms with Gasteiger partial charge in [-0.05, 0) is 30.9 Å². The van der Waals surface area contributed by atoms with E-state index in [4.69, 9.17) is 16.6 Å². The third-order valence-electron chi connectivity index (χ3n) is 3.69. The molecule has 0 N–H and O–H groups in total. The van der Waals surface area contributed by atoms with E-state index in [2.05, 4.69) is 16.5 Å². The minimum Gasteiger partial charge on any atom is -0.313 e. The Morgan fingerprint density at radius 3 is 3.00 bits per heavy atom. The number of nitrogens with zero attached hydrogens (tertiary/aromatic N) is 3. The topological polar surface area (TPSA) is 30.7 Å². The number of hydrogen-bond donors (Lipinski definition) is 0. The molecule has 0 spiro atoms. The summed E-state index contributed by atoms with van der Waals surface area (Å²) in [6, 6.07) is 2.02. The molecule has 0 unspecified atom stereocenters. The van der Waals surface area contributed by atoms with Crippen LogP contribution in [0.15, 0.2) is 12.3 Å². The zero-order valence-electron chi connectivity index (χ0n) is 10.7. The van der Waals surface area contributed by atoms with Crippen molar-refractivity contribution in [1.82, 2.24) is 14.5 Å². The SMILES string of the molecule is Cc1ccnc2c1nc(CCCl)n2CCC1CC1. The highest BCUT2D eigenvalue weighted by Crippen LogP contribution is 2.33. The maximum absolute atomic E-state index is 5.88. The van der Waals surface area contributed by atoms with Crippen LogP contribution in [0.4, 0.5) is 0 Å². The monoisotopic (exact) mass is 263 g/mol. The molecule has 0 amide bonds. The first-order chi connectivity index (χ1) is 8.79. The van der Waals surface area contributed by atoms with Gasteiger partial charge in [-0.1, -0.05) is 12.8 Å². The van der Waals surface area contributed by atoms with Crippen LogP contribution in [0.25, 0.3) is 11.2 Å². The average molecular weight is 264 g/mol. The molecule has 2 heterocycles. The van der Waals surface area contributed by atoms with Gasteiger partial charge < -0.3 is 4.57 Å². The molecule has 3 rings (SSSR count). The summed E-state index contributed by atoms with van der Waals surface area (Å²) in [5, 5.41) is 0. The van der Waals surface area contributed by atoms with Crippen LogP contribution < -0.4 is 0 Å². The molecular formula is C14H18ClN3. The first kappa shape index (κ1) is 12.0. The molecule has 3 nitrogen and oxygen atoms in total. The Morgan fingerprint density at radius 2 is 2.28 bits per heavy atom. The number of hydrogen-bond acceptors (Lipinski definition) is 2. The summed E-state index contributed by atoms with van der Waals surface area (Å²) in [5.41, 5.74) is 3.25. The number of halogens is 1. The highest BCUT2D eigenvalue weighted by molar-refractivity contribution is 6.17. The molecule has 2 aromatic rings. The number of pyridine rings is 1. The van der Waals surface area contributed by atoms with Crippen molar-refractivity contribution in [3.05, 3.63) is 23.7 Å². The summed E-state index contributed by atoms with van der Waals surface area (Å²) in [6.45, 7) is 3.12. The third kappa shape index (κ3) is 2.24. The molecule has 0 radical (unpaired) electrons. The van der Waals surface area contributed by atoms with Gasteiger partial charge in [-0.2, -0.15) is 0 Å². The lowest BCUT2D eigenvalue weighted by atomic mass is 10.2. The smallest absolute Gasteiger partial charge is 0.160 e. The van der Waals surface area contributed by atoms with Gasteiger partial charge in [0.1, 0.15) is 11.3 Å². The van der Waals surface area contributed by atoms with Gasteiger partial charge in [0.25, 0.3) is 0 Å². The Hall–Kier alpha value is -1.09. The zero-order valence-corrected chi connectivity index (χ0v) is 11.5. The molecule has 1 saturated carbocycles. The van der Waals surface area contributed by atoms with Crippen molar-refractivity contribution >= 4 is 22.8 Å². The maximum atomic E-state index is 5.88. The molecule has 0 bridgehead atoms. The quantitative estimate of drug-likeness (QED) is 0.775. The second kappa shape index (κ2) is 4.88. The largest absolute Gasteiger partial charge is 0.313 e. The van der Waals surface area contributed by atoms with E-state index < -0.39 is 0 Å². The molecule has 4 heteroatoms. The average Bonchev–Trinajstić information content (AvgIpc) is 3.11. The van der Waals surface area contributed by atoms with Crippen LogP contribution in [0.3, 0.4) is 0 Å². The normalized spacial score (nSPS) is 15.4. The number of aryl methyl sites for hydroxylation is 3. The van der Waals surface area contributed by atoms with E-state index in [0.29, 0.717) is 5.88 Å². The van der Waals surface area contributed by atoms with E-state index in [1.54, 1.807) is 0 Å². The van der Waals surface area contributed by atoms with Crippen LogP contribution in [0.1, 0.15) is 30.7 Å². The van der Waals surface area contributed by atoms with Crippen molar-refractivity contribution < 1.29 is 0 Å². The van der Waals surface area contributed by atoms with E-state index in [1.165, 1.54) is 24.8 Å². The first-order valence-corrected chi connectivity index (χ1v) is 7.19. The molecule has 96 valence electrons. The van der Waals surface area contributed by atoms with Gasteiger partial charge in [0.05, 0.1) is 0 Å². The van der Waals surface area contributed by atoms with Gasteiger partial charge in [-0.3, -0.25) is 0 Å². The van der Waals surface area contributed by atoms with Crippen molar-refractivity contribution in [2.24, 2.45) is 5.92 Å². The van der Waals surface area contributed by atoms with Crippen molar-refractivity contribution in [3.63, 3.8) is 0 Å². The zero-order chi connectivity index (χ0) is 12.5. The van der Waals surface area contributed by atoms with Gasteiger partial charge in [0.15, 0.2) is 5.65 Å². The van der Waals surface area contributed by atoms with Crippen molar-refractivity contribution in [2.45, 2.75) is 39.2 Å². The number of imidazole rings is 1. The second-order valence-electron chi connectivity index (χ2n) is 5.15. The molecule has 0 saturated heterocycles. The summed E-state index contributed by atoms with van der Waals surface area (Å²) in [6.07, 6.45) is 6.73.